The van der Waals surface area contributed by atoms with Crippen LogP contribution in [0.3, 0.4) is 0 Å². The van der Waals surface area contributed by atoms with Gasteiger partial charge in [0.15, 0.2) is 0 Å². The summed E-state index contributed by atoms with van der Waals surface area (Å²) in [4.78, 5) is 29.1. The van der Waals surface area contributed by atoms with Crippen LogP contribution < -0.4 is 10.9 Å². The Bertz CT molecular complexity index is 1180. The van der Waals surface area contributed by atoms with E-state index in [1.165, 1.54) is 17.0 Å². The summed E-state index contributed by atoms with van der Waals surface area (Å²) in [7, 11) is 0. The molecule has 3 aromatic carbocycles. The molecule has 0 bridgehead atoms. The lowest BCUT2D eigenvalue weighted by atomic mass is 10.0. The van der Waals surface area contributed by atoms with E-state index in [0.717, 1.165) is 16.7 Å². The van der Waals surface area contributed by atoms with Crippen LogP contribution >= 0.6 is 0 Å². The van der Waals surface area contributed by atoms with Gasteiger partial charge in [0.05, 0.1) is 12.0 Å². The Hall–Kier alpha value is -3.99. The Balaban J connectivity index is 1.35. The second-order valence-electron chi connectivity index (χ2n) is 6.87. The fourth-order valence-corrected chi connectivity index (χ4v) is 3.20. The van der Waals surface area contributed by atoms with Gasteiger partial charge in [-0.05, 0) is 23.3 Å². The summed E-state index contributed by atoms with van der Waals surface area (Å²) in [6, 6.07) is 28.6. The maximum Gasteiger partial charge on any atom is 0.253 e. The number of benzene rings is 3. The highest BCUT2D eigenvalue weighted by molar-refractivity contribution is 5.94. The quantitative estimate of drug-likeness (QED) is 0.537. The molecule has 0 atom stereocenters. The molecule has 1 heterocycles. The Morgan fingerprint density at radius 3 is 2.03 bits per heavy atom. The molecule has 0 aliphatic heterocycles. The Morgan fingerprint density at radius 1 is 0.800 bits per heavy atom. The van der Waals surface area contributed by atoms with Crippen molar-refractivity contribution in [2.24, 2.45) is 0 Å². The van der Waals surface area contributed by atoms with Crippen molar-refractivity contribution in [3.05, 3.63) is 113 Å². The third-order valence-electron chi connectivity index (χ3n) is 4.84. The average molecular weight is 395 g/mol. The summed E-state index contributed by atoms with van der Waals surface area (Å²) >= 11 is 0. The first-order valence-corrected chi connectivity index (χ1v) is 9.76. The van der Waals surface area contributed by atoms with Gasteiger partial charge >= 0.3 is 0 Å². The molecule has 0 saturated carbocycles. The van der Waals surface area contributed by atoms with Crippen LogP contribution in [0.2, 0.25) is 0 Å². The molecule has 0 spiro atoms. The Kier molecular flexibility index (Phi) is 5.80. The van der Waals surface area contributed by atoms with Crippen molar-refractivity contribution in [3.8, 4) is 22.4 Å². The van der Waals surface area contributed by atoms with Gasteiger partial charge in [0, 0.05) is 30.3 Å². The molecule has 5 nitrogen and oxygen atoms in total. The van der Waals surface area contributed by atoms with Crippen LogP contribution in [0.4, 0.5) is 0 Å². The third kappa shape index (κ3) is 4.52. The number of nitrogens with one attached hydrogen (secondary N) is 1. The highest BCUT2D eigenvalue weighted by Crippen LogP contribution is 2.19. The van der Waals surface area contributed by atoms with Gasteiger partial charge in [0.2, 0.25) is 0 Å². The highest BCUT2D eigenvalue weighted by atomic mass is 16.1. The number of hydrogen-bond acceptors (Lipinski definition) is 3. The van der Waals surface area contributed by atoms with Crippen LogP contribution in [0.5, 0.6) is 0 Å². The molecule has 30 heavy (non-hydrogen) atoms. The highest BCUT2D eigenvalue weighted by Gasteiger charge is 2.07. The lowest BCUT2D eigenvalue weighted by Crippen LogP contribution is -2.30. The van der Waals surface area contributed by atoms with Crippen molar-refractivity contribution < 1.29 is 4.79 Å². The van der Waals surface area contributed by atoms with Crippen molar-refractivity contribution in [1.29, 1.82) is 0 Å². The summed E-state index contributed by atoms with van der Waals surface area (Å²) in [5, 5.41) is 2.85. The minimum atomic E-state index is -0.170. The number of hydrogen-bond donors (Lipinski definition) is 1. The molecule has 1 aromatic heterocycles. The number of carbonyl (C=O) groups is 1. The minimum absolute atomic E-state index is 0.148. The van der Waals surface area contributed by atoms with Crippen LogP contribution in [0.25, 0.3) is 22.4 Å². The SMILES string of the molecule is O=C(NCCn1cnc(-c2ccccc2)cc1=O)c1ccc(-c2ccccc2)cc1. The minimum Gasteiger partial charge on any atom is -0.350 e. The maximum atomic E-state index is 12.4. The first kappa shape index (κ1) is 19.3. The molecule has 0 fully saturated rings. The smallest absolute Gasteiger partial charge is 0.253 e. The van der Waals surface area contributed by atoms with E-state index in [4.69, 9.17) is 0 Å². The Morgan fingerprint density at radius 2 is 1.40 bits per heavy atom. The van der Waals surface area contributed by atoms with E-state index in [2.05, 4.69) is 10.3 Å². The summed E-state index contributed by atoms with van der Waals surface area (Å²) in [6.07, 6.45) is 1.52. The molecular formula is C25H21N3O2. The van der Waals surface area contributed by atoms with Crippen LogP contribution in [-0.2, 0) is 6.54 Å². The van der Waals surface area contributed by atoms with Gasteiger partial charge in [-0.3, -0.25) is 14.2 Å². The molecular weight excluding hydrogens is 374 g/mol. The number of nitrogens with zero attached hydrogens (tertiary/aromatic N) is 2. The topological polar surface area (TPSA) is 64.0 Å². The molecule has 4 rings (SSSR count). The first-order chi connectivity index (χ1) is 14.7. The van der Waals surface area contributed by atoms with E-state index in [1.807, 2.05) is 72.8 Å². The van der Waals surface area contributed by atoms with Crippen LogP contribution in [0.15, 0.2) is 102 Å². The van der Waals surface area contributed by atoms with Crippen molar-refractivity contribution >= 4 is 5.91 Å². The maximum absolute atomic E-state index is 12.4. The molecule has 1 amide bonds. The Labute approximate surface area is 174 Å². The molecule has 0 saturated heterocycles. The molecule has 0 aliphatic carbocycles. The predicted molar refractivity (Wildman–Crippen MR) is 118 cm³/mol. The van der Waals surface area contributed by atoms with Gasteiger partial charge in [0.25, 0.3) is 11.5 Å². The van der Waals surface area contributed by atoms with Gasteiger partial charge < -0.3 is 5.32 Å². The lowest BCUT2D eigenvalue weighted by Gasteiger charge is -2.09. The fraction of sp³-hybridized carbons (Fsp3) is 0.0800. The molecule has 148 valence electrons. The molecule has 0 aliphatic rings. The third-order valence-corrected chi connectivity index (χ3v) is 4.84. The second-order valence-corrected chi connectivity index (χ2v) is 6.87. The summed E-state index contributed by atoms with van der Waals surface area (Å²) in [5.74, 6) is -0.170. The van der Waals surface area contributed by atoms with Crippen molar-refractivity contribution in [3.63, 3.8) is 0 Å². The molecule has 0 unspecified atom stereocenters. The van der Waals surface area contributed by atoms with E-state index < -0.39 is 0 Å². The van der Waals surface area contributed by atoms with E-state index >= 15 is 0 Å². The predicted octanol–water partition coefficient (Wildman–Crippen LogP) is 4.01. The number of rotatable bonds is 6. The molecule has 0 radical (unpaired) electrons. The second kappa shape index (κ2) is 9.01. The van der Waals surface area contributed by atoms with Crippen LogP contribution in [-0.4, -0.2) is 22.0 Å². The first-order valence-electron chi connectivity index (χ1n) is 9.76. The molecule has 4 aromatic rings. The number of carbonyl (C=O) groups excluding carboxylic acids is 1. The van der Waals surface area contributed by atoms with Gasteiger partial charge in [0.1, 0.15) is 0 Å². The summed E-state index contributed by atoms with van der Waals surface area (Å²) in [5.41, 5.74) is 4.14. The van der Waals surface area contributed by atoms with Gasteiger partial charge in [-0.25, -0.2) is 4.98 Å². The van der Waals surface area contributed by atoms with E-state index in [0.29, 0.717) is 24.3 Å². The van der Waals surface area contributed by atoms with E-state index in [9.17, 15) is 9.59 Å². The van der Waals surface area contributed by atoms with Crippen LogP contribution in [0, 0.1) is 0 Å². The zero-order valence-electron chi connectivity index (χ0n) is 16.4. The van der Waals surface area contributed by atoms with Crippen molar-refractivity contribution in [1.82, 2.24) is 14.9 Å². The van der Waals surface area contributed by atoms with Crippen molar-refractivity contribution in [2.75, 3.05) is 6.54 Å². The van der Waals surface area contributed by atoms with Crippen molar-refractivity contribution in [2.45, 2.75) is 6.54 Å². The zero-order valence-corrected chi connectivity index (χ0v) is 16.4. The normalized spacial score (nSPS) is 10.5. The standard InChI is InChI=1S/C25H21N3O2/c29-24-17-23(21-9-5-2-6-10-21)27-18-28(24)16-15-26-25(30)22-13-11-20(12-14-22)19-7-3-1-4-8-19/h1-14,17-18H,15-16H2,(H,26,30). The van der Waals surface area contributed by atoms with Gasteiger partial charge in [-0.15, -0.1) is 0 Å². The fourth-order valence-electron chi connectivity index (χ4n) is 3.20. The van der Waals surface area contributed by atoms with E-state index in [1.54, 1.807) is 12.1 Å². The summed E-state index contributed by atoms with van der Waals surface area (Å²) < 4.78 is 1.49. The van der Waals surface area contributed by atoms with Gasteiger partial charge in [-0.1, -0.05) is 72.8 Å². The number of amides is 1. The monoisotopic (exact) mass is 395 g/mol. The summed E-state index contributed by atoms with van der Waals surface area (Å²) in [6.45, 7) is 0.695. The molecule has 5 heteroatoms. The lowest BCUT2D eigenvalue weighted by molar-refractivity contribution is 0.0952. The van der Waals surface area contributed by atoms with E-state index in [-0.39, 0.29) is 11.5 Å². The average Bonchev–Trinajstić information content (AvgIpc) is 2.81. The zero-order chi connectivity index (χ0) is 20.8. The van der Waals surface area contributed by atoms with Crippen LogP contribution in [0.1, 0.15) is 10.4 Å². The largest absolute Gasteiger partial charge is 0.350 e. The van der Waals surface area contributed by atoms with Gasteiger partial charge in [-0.2, -0.15) is 0 Å². The molecule has 1 N–H and O–H groups in total. The number of aromatic nitrogens is 2.